The van der Waals surface area contributed by atoms with E-state index in [1.165, 1.54) is 6.20 Å². The largest absolute Gasteiger partial charge is 0.368 e. The average Bonchev–Trinajstić information content (AvgIpc) is 1.88. The molecule has 1 rings (SSSR count). The van der Waals surface area contributed by atoms with Crippen LogP contribution >= 0.6 is 0 Å². The van der Waals surface area contributed by atoms with Gasteiger partial charge in [0.05, 0.1) is 0 Å². The highest BCUT2D eigenvalue weighted by Crippen LogP contribution is 2.14. The first-order valence-corrected chi connectivity index (χ1v) is 2.56. The molecule has 0 aromatic carbocycles. The topological polar surface area (TPSA) is 51.8 Å². The molecule has 10 heavy (non-hydrogen) atoms. The molecule has 0 bridgehead atoms. The molecular weight excluding hydrogens is 140 g/mol. The molecule has 1 aromatic heterocycles. The Morgan fingerprint density at radius 2 is 2.20 bits per heavy atom. The zero-order valence-corrected chi connectivity index (χ0v) is 4.96. The van der Waals surface area contributed by atoms with Crippen molar-refractivity contribution in [1.82, 2.24) is 9.97 Å². The SMILES string of the molecule is Nc1nccc(C(F)F)n1. The van der Waals surface area contributed by atoms with Crippen LogP contribution < -0.4 is 5.73 Å². The number of nitrogens with zero attached hydrogens (tertiary/aromatic N) is 2. The van der Waals surface area contributed by atoms with Crippen LogP contribution in [0, 0.1) is 0 Å². The number of hydrogen-bond acceptors (Lipinski definition) is 3. The van der Waals surface area contributed by atoms with Gasteiger partial charge >= 0.3 is 0 Å². The van der Waals surface area contributed by atoms with Crippen molar-refractivity contribution >= 4 is 5.95 Å². The predicted octanol–water partition coefficient (Wildman–Crippen LogP) is 0.996. The Balaban J connectivity index is 2.96. The molecule has 54 valence electrons. The summed E-state index contributed by atoms with van der Waals surface area (Å²) in [5, 5.41) is 0. The summed E-state index contributed by atoms with van der Waals surface area (Å²) in [5.74, 6) is -0.127. The Kier molecular flexibility index (Phi) is 1.75. The van der Waals surface area contributed by atoms with Crippen molar-refractivity contribution in [2.75, 3.05) is 5.73 Å². The summed E-state index contributed by atoms with van der Waals surface area (Å²) in [7, 11) is 0. The molecule has 1 aromatic rings. The van der Waals surface area contributed by atoms with Crippen molar-refractivity contribution in [3.05, 3.63) is 18.0 Å². The third-order valence-corrected chi connectivity index (χ3v) is 0.919. The minimum atomic E-state index is -2.58. The van der Waals surface area contributed by atoms with Gasteiger partial charge in [-0.25, -0.2) is 18.7 Å². The minimum absolute atomic E-state index is 0.127. The van der Waals surface area contributed by atoms with Gasteiger partial charge in [0, 0.05) is 6.20 Å². The second-order valence-electron chi connectivity index (χ2n) is 1.64. The first-order chi connectivity index (χ1) is 4.70. The molecule has 1 heterocycles. The summed E-state index contributed by atoms with van der Waals surface area (Å²) in [4.78, 5) is 6.74. The lowest BCUT2D eigenvalue weighted by atomic mass is 10.4. The fraction of sp³-hybridized carbons (Fsp3) is 0.200. The van der Waals surface area contributed by atoms with Gasteiger partial charge in [-0.1, -0.05) is 0 Å². The van der Waals surface area contributed by atoms with E-state index in [0.717, 1.165) is 6.07 Å². The summed E-state index contributed by atoms with van der Waals surface area (Å²) in [6.07, 6.45) is -1.38. The predicted molar refractivity (Wildman–Crippen MR) is 31.4 cm³/mol. The van der Waals surface area contributed by atoms with E-state index in [0.29, 0.717) is 0 Å². The first-order valence-electron chi connectivity index (χ1n) is 2.56. The van der Waals surface area contributed by atoms with Crippen LogP contribution in [-0.4, -0.2) is 9.97 Å². The van der Waals surface area contributed by atoms with Crippen LogP contribution in [0.3, 0.4) is 0 Å². The number of nitrogen functional groups attached to an aromatic ring is 1. The number of halogens is 2. The van der Waals surface area contributed by atoms with Gasteiger partial charge in [0.1, 0.15) is 5.69 Å². The lowest BCUT2D eigenvalue weighted by Gasteiger charge is -1.96. The van der Waals surface area contributed by atoms with Crippen LogP contribution in [0.5, 0.6) is 0 Å². The molecule has 0 unspecified atom stereocenters. The van der Waals surface area contributed by atoms with Crippen LogP contribution in [0.2, 0.25) is 0 Å². The molecule has 2 N–H and O–H groups in total. The molecule has 5 heteroatoms. The van der Waals surface area contributed by atoms with Gasteiger partial charge in [0.25, 0.3) is 6.43 Å². The van der Waals surface area contributed by atoms with Gasteiger partial charge in [-0.05, 0) is 6.07 Å². The van der Waals surface area contributed by atoms with Gasteiger partial charge in [-0.2, -0.15) is 0 Å². The number of nitrogens with two attached hydrogens (primary N) is 1. The molecule has 0 aliphatic rings. The lowest BCUT2D eigenvalue weighted by molar-refractivity contribution is 0.146. The normalized spacial score (nSPS) is 10.3. The van der Waals surface area contributed by atoms with Crippen molar-refractivity contribution in [1.29, 1.82) is 0 Å². The average molecular weight is 145 g/mol. The molecule has 3 nitrogen and oxygen atoms in total. The van der Waals surface area contributed by atoms with Crippen LogP contribution in [0.15, 0.2) is 12.3 Å². The van der Waals surface area contributed by atoms with E-state index in [1.807, 2.05) is 0 Å². The maximum atomic E-state index is 11.8. The van der Waals surface area contributed by atoms with Crippen molar-refractivity contribution in [2.45, 2.75) is 6.43 Å². The molecule has 0 aliphatic heterocycles. The molecule has 0 amide bonds. The van der Waals surface area contributed by atoms with Crippen LogP contribution in [0.25, 0.3) is 0 Å². The Morgan fingerprint density at radius 3 is 2.60 bits per heavy atom. The molecule has 0 saturated carbocycles. The lowest BCUT2D eigenvalue weighted by Crippen LogP contribution is -1.97. The maximum absolute atomic E-state index is 11.8. The molecule has 0 fully saturated rings. The highest BCUT2D eigenvalue weighted by molar-refractivity contribution is 5.17. The van der Waals surface area contributed by atoms with Crippen molar-refractivity contribution < 1.29 is 8.78 Å². The summed E-state index contributed by atoms with van der Waals surface area (Å²) in [5.41, 5.74) is 4.70. The molecule has 0 saturated heterocycles. The maximum Gasteiger partial charge on any atom is 0.280 e. The van der Waals surface area contributed by atoms with Crippen LogP contribution in [0.4, 0.5) is 14.7 Å². The zero-order chi connectivity index (χ0) is 7.56. The molecule has 0 spiro atoms. The number of alkyl halides is 2. The van der Waals surface area contributed by atoms with Crippen molar-refractivity contribution in [3.63, 3.8) is 0 Å². The third kappa shape index (κ3) is 1.37. The summed E-state index contributed by atoms with van der Waals surface area (Å²) < 4.78 is 23.6. The van der Waals surface area contributed by atoms with Gasteiger partial charge < -0.3 is 5.73 Å². The smallest absolute Gasteiger partial charge is 0.280 e. The molecule has 0 radical (unpaired) electrons. The summed E-state index contributed by atoms with van der Waals surface area (Å²) in [6, 6.07) is 1.13. The van der Waals surface area contributed by atoms with Gasteiger partial charge in [-0.15, -0.1) is 0 Å². The van der Waals surface area contributed by atoms with E-state index < -0.39 is 6.43 Å². The third-order valence-electron chi connectivity index (χ3n) is 0.919. The molecular formula is C5H5F2N3. The standard InChI is InChI=1S/C5H5F2N3/c6-4(7)3-1-2-9-5(8)10-3/h1-2,4H,(H2,8,9,10). The first kappa shape index (κ1) is 6.85. The van der Waals surface area contributed by atoms with E-state index in [4.69, 9.17) is 5.73 Å². The number of hydrogen-bond donors (Lipinski definition) is 1. The van der Waals surface area contributed by atoms with E-state index in [9.17, 15) is 8.78 Å². The quantitative estimate of drug-likeness (QED) is 0.641. The summed E-state index contributed by atoms with van der Waals surface area (Å²) >= 11 is 0. The second kappa shape index (κ2) is 2.55. The van der Waals surface area contributed by atoms with E-state index in [2.05, 4.69) is 9.97 Å². The minimum Gasteiger partial charge on any atom is -0.368 e. The second-order valence-corrected chi connectivity index (χ2v) is 1.64. The van der Waals surface area contributed by atoms with Crippen molar-refractivity contribution in [2.24, 2.45) is 0 Å². The van der Waals surface area contributed by atoms with Gasteiger partial charge in [-0.3, -0.25) is 0 Å². The molecule has 0 aliphatic carbocycles. The fourth-order valence-corrected chi connectivity index (χ4v) is 0.510. The Labute approximate surface area is 55.9 Å². The zero-order valence-electron chi connectivity index (χ0n) is 4.96. The highest BCUT2D eigenvalue weighted by atomic mass is 19.3. The van der Waals surface area contributed by atoms with Gasteiger partial charge in [0.2, 0.25) is 5.95 Å². The highest BCUT2D eigenvalue weighted by Gasteiger charge is 2.07. The number of anilines is 1. The van der Waals surface area contributed by atoms with Crippen LogP contribution in [0.1, 0.15) is 12.1 Å². The monoisotopic (exact) mass is 145 g/mol. The van der Waals surface area contributed by atoms with Crippen LogP contribution in [-0.2, 0) is 0 Å². The van der Waals surface area contributed by atoms with E-state index >= 15 is 0 Å². The van der Waals surface area contributed by atoms with E-state index in [-0.39, 0.29) is 11.6 Å². The number of rotatable bonds is 1. The van der Waals surface area contributed by atoms with Crippen molar-refractivity contribution in [3.8, 4) is 0 Å². The molecule has 0 atom stereocenters. The number of aromatic nitrogens is 2. The Bertz CT molecular complexity index is 226. The summed E-state index contributed by atoms with van der Waals surface area (Å²) in [6.45, 7) is 0. The Hall–Kier alpha value is -1.26. The fourth-order valence-electron chi connectivity index (χ4n) is 0.510. The van der Waals surface area contributed by atoms with Gasteiger partial charge in [0.15, 0.2) is 0 Å². The van der Waals surface area contributed by atoms with E-state index in [1.54, 1.807) is 0 Å². The Morgan fingerprint density at radius 1 is 1.50 bits per heavy atom.